The topological polar surface area (TPSA) is 34.0 Å². The van der Waals surface area contributed by atoms with Crippen LogP contribution in [0.15, 0.2) is 48.7 Å². The number of para-hydroxylation sites is 2. The Labute approximate surface area is 130 Å². The number of hydrogen-bond donors (Lipinski definition) is 0. The van der Waals surface area contributed by atoms with Gasteiger partial charge in [0.05, 0.1) is 22.8 Å². The maximum atomic E-state index is 4.89. The zero-order valence-electron chi connectivity index (χ0n) is 12.8. The number of imidazole rings is 1. The molecule has 0 unspecified atom stereocenters. The molecule has 3 aromatic rings. The summed E-state index contributed by atoms with van der Waals surface area (Å²) >= 11 is 0. The molecule has 4 heteroatoms. The molecule has 1 aliphatic rings. The highest BCUT2D eigenvalue weighted by molar-refractivity contribution is 5.75. The maximum absolute atomic E-state index is 4.89. The molecule has 4 nitrogen and oxygen atoms in total. The van der Waals surface area contributed by atoms with E-state index in [1.165, 1.54) is 24.2 Å². The van der Waals surface area contributed by atoms with Gasteiger partial charge in [0.1, 0.15) is 5.82 Å². The number of nitrogens with zero attached hydrogens (tertiary/aromatic N) is 4. The van der Waals surface area contributed by atoms with Crippen LogP contribution < -0.4 is 0 Å². The molecule has 2 aromatic heterocycles. The smallest absolute Gasteiger partial charge is 0.127 e. The third-order valence-corrected chi connectivity index (χ3v) is 4.57. The summed E-state index contributed by atoms with van der Waals surface area (Å²) in [6.45, 7) is 2.01. The minimum Gasteiger partial charge on any atom is -0.330 e. The summed E-state index contributed by atoms with van der Waals surface area (Å²) in [6, 6.07) is 14.9. The van der Waals surface area contributed by atoms with Crippen LogP contribution in [0.5, 0.6) is 0 Å². The van der Waals surface area contributed by atoms with Gasteiger partial charge >= 0.3 is 0 Å². The van der Waals surface area contributed by atoms with Gasteiger partial charge in [0, 0.05) is 19.8 Å². The largest absolute Gasteiger partial charge is 0.330 e. The molecule has 0 radical (unpaired) electrons. The lowest BCUT2D eigenvalue weighted by molar-refractivity contribution is 0.234. The van der Waals surface area contributed by atoms with Gasteiger partial charge in [-0.3, -0.25) is 9.88 Å². The van der Waals surface area contributed by atoms with Crippen LogP contribution in [-0.2, 0) is 13.6 Å². The Kier molecular flexibility index (Phi) is 3.39. The highest BCUT2D eigenvalue weighted by Crippen LogP contribution is 2.33. The van der Waals surface area contributed by atoms with Crippen molar-refractivity contribution in [3.63, 3.8) is 0 Å². The predicted octanol–water partition coefficient (Wildman–Crippen LogP) is 3.31. The van der Waals surface area contributed by atoms with Gasteiger partial charge in [-0.2, -0.15) is 0 Å². The quantitative estimate of drug-likeness (QED) is 0.742. The van der Waals surface area contributed by atoms with Crippen molar-refractivity contribution in [1.29, 1.82) is 0 Å². The Morgan fingerprint density at radius 2 is 2.00 bits per heavy atom. The number of fused-ring (bicyclic) bond motifs is 1. The van der Waals surface area contributed by atoms with Crippen LogP contribution in [0.25, 0.3) is 11.0 Å². The summed E-state index contributed by atoms with van der Waals surface area (Å²) in [7, 11) is 2.13. The van der Waals surface area contributed by atoms with Crippen LogP contribution in [-0.4, -0.2) is 26.0 Å². The normalized spacial score (nSPS) is 19.0. The number of benzene rings is 1. The van der Waals surface area contributed by atoms with E-state index in [9.17, 15) is 0 Å². The first kappa shape index (κ1) is 13.5. The van der Waals surface area contributed by atoms with Crippen LogP contribution in [0, 0.1) is 0 Å². The summed E-state index contributed by atoms with van der Waals surface area (Å²) in [5.74, 6) is 1.18. The van der Waals surface area contributed by atoms with E-state index < -0.39 is 0 Å². The van der Waals surface area contributed by atoms with Crippen molar-refractivity contribution in [2.45, 2.75) is 25.4 Å². The van der Waals surface area contributed by atoms with Gasteiger partial charge in [-0.1, -0.05) is 18.2 Å². The van der Waals surface area contributed by atoms with Crippen molar-refractivity contribution in [3.8, 4) is 0 Å². The number of rotatable bonds is 3. The highest BCUT2D eigenvalue weighted by Gasteiger charge is 2.29. The molecule has 0 bridgehead atoms. The minimum absolute atomic E-state index is 0.388. The Hall–Kier alpha value is -2.20. The second-order valence-corrected chi connectivity index (χ2v) is 5.97. The summed E-state index contributed by atoms with van der Waals surface area (Å²) in [4.78, 5) is 11.9. The Bertz CT molecular complexity index is 778. The summed E-state index contributed by atoms with van der Waals surface area (Å²) in [5, 5.41) is 0. The standard InChI is InChI=1S/C18H20N4/c1-21-16-9-3-2-8-15(16)20-18(21)17-10-6-12-22(17)13-14-7-4-5-11-19-14/h2-5,7-9,11,17H,6,10,12-13H2,1H3/t17-/m1/s1. The van der Waals surface area contributed by atoms with Gasteiger partial charge < -0.3 is 4.57 Å². The monoisotopic (exact) mass is 292 g/mol. The lowest BCUT2D eigenvalue weighted by Gasteiger charge is -2.23. The van der Waals surface area contributed by atoms with Gasteiger partial charge in [0.25, 0.3) is 0 Å². The molecule has 1 saturated heterocycles. The average Bonchev–Trinajstić information content (AvgIpc) is 3.13. The lowest BCUT2D eigenvalue weighted by atomic mass is 10.2. The molecule has 22 heavy (non-hydrogen) atoms. The number of hydrogen-bond acceptors (Lipinski definition) is 3. The maximum Gasteiger partial charge on any atom is 0.127 e. The molecular formula is C18H20N4. The van der Waals surface area contributed by atoms with E-state index in [4.69, 9.17) is 4.98 Å². The van der Waals surface area contributed by atoms with Crippen LogP contribution >= 0.6 is 0 Å². The van der Waals surface area contributed by atoms with Crippen LogP contribution in [0.4, 0.5) is 0 Å². The first-order chi connectivity index (χ1) is 10.8. The first-order valence-corrected chi connectivity index (χ1v) is 7.88. The molecule has 1 fully saturated rings. The fourth-order valence-corrected chi connectivity index (χ4v) is 3.47. The molecule has 1 aromatic carbocycles. The van der Waals surface area contributed by atoms with Crippen molar-refractivity contribution in [3.05, 3.63) is 60.2 Å². The van der Waals surface area contributed by atoms with Crippen molar-refractivity contribution in [1.82, 2.24) is 19.4 Å². The molecular weight excluding hydrogens is 272 g/mol. The SMILES string of the molecule is Cn1c([C@H]2CCCN2Cc2ccccn2)nc2ccccc21. The second kappa shape index (κ2) is 5.54. The molecule has 112 valence electrons. The Morgan fingerprint density at radius 1 is 1.14 bits per heavy atom. The molecule has 0 N–H and O–H groups in total. The van der Waals surface area contributed by atoms with E-state index in [0.29, 0.717) is 6.04 Å². The fourth-order valence-electron chi connectivity index (χ4n) is 3.47. The third-order valence-electron chi connectivity index (χ3n) is 4.57. The number of aryl methyl sites for hydroxylation is 1. The van der Waals surface area contributed by atoms with Gasteiger partial charge in [-0.25, -0.2) is 4.98 Å². The van der Waals surface area contributed by atoms with Crippen molar-refractivity contribution < 1.29 is 0 Å². The van der Waals surface area contributed by atoms with Gasteiger partial charge in [0.2, 0.25) is 0 Å². The Morgan fingerprint density at radius 3 is 2.82 bits per heavy atom. The number of aromatic nitrogens is 3. The van der Waals surface area contributed by atoms with Crippen LogP contribution in [0.3, 0.4) is 0 Å². The van der Waals surface area contributed by atoms with Crippen LogP contribution in [0.2, 0.25) is 0 Å². The van der Waals surface area contributed by atoms with E-state index in [1.807, 2.05) is 12.3 Å². The van der Waals surface area contributed by atoms with E-state index in [1.54, 1.807) is 0 Å². The molecule has 0 amide bonds. The minimum atomic E-state index is 0.388. The van der Waals surface area contributed by atoms with Gasteiger partial charge in [0.15, 0.2) is 0 Å². The van der Waals surface area contributed by atoms with E-state index in [-0.39, 0.29) is 0 Å². The van der Waals surface area contributed by atoms with Crippen LogP contribution in [0.1, 0.15) is 30.4 Å². The summed E-state index contributed by atoms with van der Waals surface area (Å²) < 4.78 is 2.25. The zero-order valence-corrected chi connectivity index (χ0v) is 12.8. The van der Waals surface area contributed by atoms with Crippen molar-refractivity contribution in [2.75, 3.05) is 6.54 Å². The molecule has 1 atom stereocenters. The zero-order chi connectivity index (χ0) is 14.9. The van der Waals surface area contributed by atoms with E-state index in [2.05, 4.69) is 57.9 Å². The fraction of sp³-hybridized carbons (Fsp3) is 0.333. The third kappa shape index (κ3) is 2.29. The molecule has 0 saturated carbocycles. The van der Waals surface area contributed by atoms with E-state index in [0.717, 1.165) is 24.3 Å². The lowest BCUT2D eigenvalue weighted by Crippen LogP contribution is -2.25. The number of likely N-dealkylation sites (tertiary alicyclic amines) is 1. The van der Waals surface area contributed by atoms with Crippen molar-refractivity contribution in [2.24, 2.45) is 7.05 Å². The second-order valence-electron chi connectivity index (χ2n) is 5.97. The first-order valence-electron chi connectivity index (χ1n) is 7.88. The highest BCUT2D eigenvalue weighted by atomic mass is 15.2. The molecule has 0 aliphatic carbocycles. The molecule has 4 rings (SSSR count). The van der Waals surface area contributed by atoms with Gasteiger partial charge in [-0.15, -0.1) is 0 Å². The predicted molar refractivity (Wildman–Crippen MR) is 87.3 cm³/mol. The molecule has 3 heterocycles. The molecule has 1 aliphatic heterocycles. The average molecular weight is 292 g/mol. The Balaban J connectivity index is 1.66. The van der Waals surface area contributed by atoms with Crippen molar-refractivity contribution >= 4 is 11.0 Å². The van der Waals surface area contributed by atoms with Gasteiger partial charge in [-0.05, 0) is 43.7 Å². The summed E-state index contributed by atoms with van der Waals surface area (Å²) in [6.07, 6.45) is 4.26. The molecule has 0 spiro atoms. The summed E-state index contributed by atoms with van der Waals surface area (Å²) in [5.41, 5.74) is 3.43. The number of pyridine rings is 1. The van der Waals surface area contributed by atoms with E-state index >= 15 is 0 Å².